The Hall–Kier alpha value is -3.68. The highest BCUT2D eigenvalue weighted by atomic mass is 35.5. The number of anilines is 1. The molecule has 1 heterocycles. The summed E-state index contributed by atoms with van der Waals surface area (Å²) in [6.07, 6.45) is 0.190. The number of esters is 1. The van der Waals surface area contributed by atoms with E-state index in [0.29, 0.717) is 22.2 Å². The first-order valence-electron chi connectivity index (χ1n) is 12.7. The third kappa shape index (κ3) is 5.70. The molecule has 8 heteroatoms. The Labute approximate surface area is 235 Å². The van der Waals surface area contributed by atoms with Crippen molar-refractivity contribution in [3.05, 3.63) is 100 Å². The molecule has 0 aliphatic heterocycles. The zero-order valence-corrected chi connectivity index (χ0v) is 23.1. The van der Waals surface area contributed by atoms with E-state index in [0.717, 1.165) is 40.0 Å². The first-order chi connectivity index (χ1) is 18.8. The molecule has 1 atom stereocenters. The summed E-state index contributed by atoms with van der Waals surface area (Å²) in [6, 6.07) is 23.4. The summed E-state index contributed by atoms with van der Waals surface area (Å²) >= 11 is 7.80. The van der Waals surface area contributed by atoms with Crippen LogP contribution >= 0.6 is 22.9 Å². The zero-order valence-electron chi connectivity index (χ0n) is 21.5. The van der Waals surface area contributed by atoms with E-state index < -0.39 is 17.6 Å². The van der Waals surface area contributed by atoms with E-state index in [1.807, 2.05) is 48.5 Å². The molecule has 1 aliphatic carbocycles. The highest BCUT2D eigenvalue weighted by molar-refractivity contribution is 7.20. The predicted octanol–water partition coefficient (Wildman–Crippen LogP) is 8.78. The van der Waals surface area contributed by atoms with Crippen LogP contribution in [0.25, 0.3) is 21.6 Å². The van der Waals surface area contributed by atoms with Crippen molar-refractivity contribution in [1.29, 1.82) is 0 Å². The summed E-state index contributed by atoms with van der Waals surface area (Å²) < 4.78 is 24.7. The normalized spacial score (nSPS) is 14.4. The molecule has 0 saturated heterocycles. The summed E-state index contributed by atoms with van der Waals surface area (Å²) in [7, 11) is 0. The van der Waals surface area contributed by atoms with Crippen molar-refractivity contribution < 1.29 is 23.5 Å². The second kappa shape index (κ2) is 11.2. The molecule has 1 unspecified atom stereocenters. The van der Waals surface area contributed by atoms with Gasteiger partial charge < -0.3 is 9.47 Å². The number of carbonyl (C=O) groups excluding carboxylic acids is 2. The molecular formula is C31H27ClFNO4S. The van der Waals surface area contributed by atoms with Crippen LogP contribution < -0.4 is 5.32 Å². The molecule has 1 fully saturated rings. The molecule has 1 amide bonds. The Bertz CT molecular complexity index is 1500. The van der Waals surface area contributed by atoms with Gasteiger partial charge in [-0.3, -0.25) is 10.1 Å². The Balaban J connectivity index is 1.50. The van der Waals surface area contributed by atoms with Gasteiger partial charge in [-0.2, -0.15) is 0 Å². The number of thiophene rings is 1. The van der Waals surface area contributed by atoms with E-state index in [2.05, 4.69) is 5.32 Å². The lowest BCUT2D eigenvalue weighted by Gasteiger charge is -2.19. The molecule has 1 aliphatic rings. The molecular weight excluding hydrogens is 537 g/mol. The molecule has 1 N–H and O–H groups in total. The largest absolute Gasteiger partial charge is 0.465 e. The molecule has 5 nitrogen and oxygen atoms in total. The lowest BCUT2D eigenvalue weighted by Crippen LogP contribution is -2.23. The summed E-state index contributed by atoms with van der Waals surface area (Å²) in [5.74, 6) is -0.579. The van der Waals surface area contributed by atoms with Gasteiger partial charge in [-0.1, -0.05) is 66.2 Å². The van der Waals surface area contributed by atoms with Crippen LogP contribution in [0.5, 0.6) is 0 Å². The Kier molecular flexibility index (Phi) is 7.73. The summed E-state index contributed by atoms with van der Waals surface area (Å²) in [4.78, 5) is 26.5. The van der Waals surface area contributed by atoms with E-state index in [-0.39, 0.29) is 11.8 Å². The second-order valence-corrected chi connectivity index (χ2v) is 11.1. The fraction of sp³-hybridized carbons (Fsp3) is 0.226. The van der Waals surface area contributed by atoms with Gasteiger partial charge in [-0.05, 0) is 73.2 Å². The van der Waals surface area contributed by atoms with Crippen LogP contribution in [-0.2, 0) is 19.7 Å². The highest BCUT2D eigenvalue weighted by Gasteiger charge is 2.53. The Morgan fingerprint density at radius 3 is 2.41 bits per heavy atom. The average molecular weight is 564 g/mol. The smallest absolute Gasteiger partial charge is 0.412 e. The SMILES string of the molecule is CCOC(=O)C1(c2ccc(-c3ccccc3)c(-c3sc(Cl)cc3NC(=O)OC(C)c3ccc(F)cc3)c2)CC1. The Morgan fingerprint density at radius 1 is 1.03 bits per heavy atom. The number of amides is 1. The number of hydrogen-bond donors (Lipinski definition) is 1. The minimum absolute atomic E-state index is 0.218. The molecule has 1 aromatic heterocycles. The maximum atomic E-state index is 13.3. The summed E-state index contributed by atoms with van der Waals surface area (Å²) in [5, 5.41) is 2.84. The van der Waals surface area contributed by atoms with E-state index in [1.165, 1.54) is 23.5 Å². The minimum atomic E-state index is -0.662. The van der Waals surface area contributed by atoms with Gasteiger partial charge in [0.05, 0.1) is 26.9 Å². The lowest BCUT2D eigenvalue weighted by atomic mass is 9.89. The molecule has 5 rings (SSSR count). The number of halogens is 2. The molecule has 200 valence electrons. The maximum Gasteiger partial charge on any atom is 0.412 e. The van der Waals surface area contributed by atoms with Gasteiger partial charge in [-0.25, -0.2) is 9.18 Å². The molecule has 3 aromatic carbocycles. The van der Waals surface area contributed by atoms with E-state index in [1.54, 1.807) is 32.0 Å². The third-order valence-electron chi connectivity index (χ3n) is 6.88. The fourth-order valence-electron chi connectivity index (χ4n) is 4.66. The van der Waals surface area contributed by atoms with Crippen molar-refractivity contribution in [1.82, 2.24) is 0 Å². The molecule has 0 radical (unpaired) electrons. The van der Waals surface area contributed by atoms with Gasteiger partial charge in [0, 0.05) is 5.56 Å². The van der Waals surface area contributed by atoms with Gasteiger partial charge in [0.25, 0.3) is 0 Å². The predicted molar refractivity (Wildman–Crippen MR) is 153 cm³/mol. The van der Waals surface area contributed by atoms with Crippen LogP contribution in [0.3, 0.4) is 0 Å². The topological polar surface area (TPSA) is 64.6 Å². The summed E-state index contributed by atoms with van der Waals surface area (Å²) in [6.45, 7) is 3.85. The Morgan fingerprint density at radius 2 is 1.74 bits per heavy atom. The van der Waals surface area contributed by atoms with Crippen molar-refractivity contribution in [2.45, 2.75) is 38.2 Å². The first-order valence-corrected chi connectivity index (χ1v) is 13.9. The van der Waals surface area contributed by atoms with Crippen molar-refractivity contribution >= 4 is 40.7 Å². The number of benzene rings is 3. The van der Waals surface area contributed by atoms with Crippen molar-refractivity contribution in [2.24, 2.45) is 0 Å². The average Bonchev–Trinajstić information content (AvgIpc) is 3.67. The number of rotatable bonds is 8. The van der Waals surface area contributed by atoms with Crippen LogP contribution in [0, 0.1) is 5.82 Å². The minimum Gasteiger partial charge on any atom is -0.465 e. The van der Waals surface area contributed by atoms with Crippen molar-refractivity contribution in [3.8, 4) is 21.6 Å². The van der Waals surface area contributed by atoms with Crippen LogP contribution in [0.2, 0.25) is 4.34 Å². The maximum absolute atomic E-state index is 13.3. The van der Waals surface area contributed by atoms with E-state index >= 15 is 0 Å². The van der Waals surface area contributed by atoms with Crippen LogP contribution in [0.15, 0.2) is 78.9 Å². The second-order valence-electron chi connectivity index (χ2n) is 9.45. The third-order valence-corrected chi connectivity index (χ3v) is 8.18. The van der Waals surface area contributed by atoms with Gasteiger partial charge in [0.15, 0.2) is 0 Å². The lowest BCUT2D eigenvalue weighted by molar-refractivity contribution is -0.146. The number of nitrogens with one attached hydrogen (secondary N) is 1. The molecule has 0 spiro atoms. The van der Waals surface area contributed by atoms with Crippen LogP contribution in [0.1, 0.15) is 43.9 Å². The number of ether oxygens (including phenoxy) is 2. The standard InChI is InChI=1S/C31H27ClFNO4S/c1-3-37-29(35)31(15-16-31)22-11-14-24(21-7-5-4-6-8-21)25(17-22)28-26(18-27(32)39-28)34-30(36)38-19(2)20-9-12-23(33)13-10-20/h4-14,17-19H,3,15-16H2,1-2H3,(H,34,36). The quantitative estimate of drug-likeness (QED) is 0.218. The van der Waals surface area contributed by atoms with E-state index in [9.17, 15) is 14.0 Å². The molecule has 39 heavy (non-hydrogen) atoms. The van der Waals surface area contributed by atoms with E-state index in [4.69, 9.17) is 21.1 Å². The first kappa shape index (κ1) is 26.9. The number of hydrogen-bond acceptors (Lipinski definition) is 5. The van der Waals surface area contributed by atoms with Gasteiger partial charge in [-0.15, -0.1) is 11.3 Å². The monoisotopic (exact) mass is 563 g/mol. The van der Waals surface area contributed by atoms with Gasteiger partial charge >= 0.3 is 12.1 Å². The summed E-state index contributed by atoms with van der Waals surface area (Å²) in [5.41, 5.74) is 4.15. The van der Waals surface area contributed by atoms with Gasteiger partial charge in [0.2, 0.25) is 0 Å². The highest BCUT2D eigenvalue weighted by Crippen LogP contribution is 2.52. The van der Waals surface area contributed by atoms with Crippen LogP contribution in [-0.4, -0.2) is 18.7 Å². The van der Waals surface area contributed by atoms with Crippen molar-refractivity contribution in [3.63, 3.8) is 0 Å². The molecule has 1 saturated carbocycles. The molecule has 0 bridgehead atoms. The fourth-order valence-corrected chi connectivity index (χ4v) is 5.87. The van der Waals surface area contributed by atoms with Crippen molar-refractivity contribution in [2.75, 3.05) is 11.9 Å². The van der Waals surface area contributed by atoms with Crippen LogP contribution in [0.4, 0.5) is 14.9 Å². The zero-order chi connectivity index (χ0) is 27.6. The number of carbonyl (C=O) groups is 2. The molecule has 4 aromatic rings. The van der Waals surface area contributed by atoms with Gasteiger partial charge in [0.1, 0.15) is 11.9 Å².